The number of ether oxygens (including phenoxy) is 1. The molecule has 0 radical (unpaired) electrons. The molecule has 4 nitrogen and oxygen atoms in total. The molecule has 0 bridgehead atoms. The molecule has 4 heteroatoms. The fourth-order valence-electron chi connectivity index (χ4n) is 1.35. The molecule has 1 unspecified atom stereocenters. The Morgan fingerprint density at radius 1 is 1.53 bits per heavy atom. The standard InChI is InChI=1S/C11H18N2O2/c1-8(5-6-14)13-9-3-4-10(12)11(7-9)15-2/h3-4,7-8,13-14H,5-6,12H2,1-2H3. The van der Waals surface area contributed by atoms with Gasteiger partial charge in [-0.15, -0.1) is 0 Å². The summed E-state index contributed by atoms with van der Waals surface area (Å²) in [5.74, 6) is 0.663. The Bertz CT molecular complexity index is 315. The molecule has 0 aliphatic heterocycles. The Hall–Kier alpha value is -1.42. The number of anilines is 2. The lowest BCUT2D eigenvalue weighted by Crippen LogP contribution is -2.16. The van der Waals surface area contributed by atoms with Crippen LogP contribution in [0.4, 0.5) is 11.4 Å². The Morgan fingerprint density at radius 2 is 2.27 bits per heavy atom. The summed E-state index contributed by atoms with van der Waals surface area (Å²) >= 11 is 0. The van der Waals surface area contributed by atoms with E-state index < -0.39 is 0 Å². The third-order valence-electron chi connectivity index (χ3n) is 2.21. The minimum atomic E-state index is 0.181. The monoisotopic (exact) mass is 210 g/mol. The van der Waals surface area contributed by atoms with E-state index in [0.717, 1.165) is 5.69 Å². The first-order valence-electron chi connectivity index (χ1n) is 4.98. The van der Waals surface area contributed by atoms with Gasteiger partial charge in [-0.25, -0.2) is 0 Å². The van der Waals surface area contributed by atoms with Gasteiger partial charge in [-0.05, 0) is 25.5 Å². The van der Waals surface area contributed by atoms with Gasteiger partial charge in [0.05, 0.1) is 12.8 Å². The normalized spacial score (nSPS) is 12.2. The molecule has 0 fully saturated rings. The second-order valence-corrected chi connectivity index (χ2v) is 3.51. The summed E-state index contributed by atoms with van der Waals surface area (Å²) in [6, 6.07) is 5.77. The highest BCUT2D eigenvalue weighted by Crippen LogP contribution is 2.25. The van der Waals surface area contributed by atoms with Crippen molar-refractivity contribution in [3.05, 3.63) is 18.2 Å². The van der Waals surface area contributed by atoms with Gasteiger partial charge in [-0.3, -0.25) is 0 Å². The molecule has 0 aliphatic rings. The van der Waals surface area contributed by atoms with Crippen molar-refractivity contribution in [2.45, 2.75) is 19.4 Å². The third kappa shape index (κ3) is 3.32. The molecule has 1 aromatic carbocycles. The van der Waals surface area contributed by atoms with E-state index in [9.17, 15) is 0 Å². The van der Waals surface area contributed by atoms with E-state index in [1.54, 1.807) is 13.2 Å². The number of nitrogen functional groups attached to an aromatic ring is 1. The lowest BCUT2D eigenvalue weighted by atomic mass is 10.2. The van der Waals surface area contributed by atoms with Crippen molar-refractivity contribution in [2.75, 3.05) is 24.8 Å². The Labute approximate surface area is 90.1 Å². The lowest BCUT2D eigenvalue weighted by Gasteiger charge is -2.15. The molecular weight excluding hydrogens is 192 g/mol. The zero-order chi connectivity index (χ0) is 11.3. The van der Waals surface area contributed by atoms with Crippen molar-refractivity contribution in [2.24, 2.45) is 0 Å². The fraction of sp³-hybridized carbons (Fsp3) is 0.455. The minimum absolute atomic E-state index is 0.181. The predicted molar refractivity (Wildman–Crippen MR) is 62.2 cm³/mol. The summed E-state index contributed by atoms with van der Waals surface area (Å²) in [6.45, 7) is 2.19. The summed E-state index contributed by atoms with van der Waals surface area (Å²) in [4.78, 5) is 0. The van der Waals surface area contributed by atoms with E-state index >= 15 is 0 Å². The molecule has 0 saturated heterocycles. The summed E-state index contributed by atoms with van der Waals surface area (Å²) in [5, 5.41) is 12.0. The van der Waals surface area contributed by atoms with Crippen molar-refractivity contribution in [1.29, 1.82) is 0 Å². The van der Waals surface area contributed by atoms with Crippen LogP contribution >= 0.6 is 0 Å². The Kier molecular flexibility index (Phi) is 4.24. The van der Waals surface area contributed by atoms with Crippen molar-refractivity contribution >= 4 is 11.4 Å². The van der Waals surface area contributed by atoms with E-state index in [1.165, 1.54) is 0 Å². The highest BCUT2D eigenvalue weighted by molar-refractivity contribution is 5.61. The molecule has 0 saturated carbocycles. The van der Waals surface area contributed by atoms with E-state index in [1.807, 2.05) is 19.1 Å². The number of nitrogens with one attached hydrogen (secondary N) is 1. The second-order valence-electron chi connectivity index (χ2n) is 3.51. The van der Waals surface area contributed by atoms with Crippen LogP contribution in [0.25, 0.3) is 0 Å². The van der Waals surface area contributed by atoms with Gasteiger partial charge >= 0.3 is 0 Å². The maximum Gasteiger partial charge on any atom is 0.143 e. The van der Waals surface area contributed by atoms with E-state index in [-0.39, 0.29) is 12.6 Å². The maximum absolute atomic E-state index is 8.77. The Balaban J connectivity index is 2.69. The molecule has 1 aromatic rings. The minimum Gasteiger partial charge on any atom is -0.495 e. The largest absolute Gasteiger partial charge is 0.495 e. The van der Waals surface area contributed by atoms with Gasteiger partial charge < -0.3 is 20.9 Å². The number of hydrogen-bond acceptors (Lipinski definition) is 4. The first kappa shape index (κ1) is 11.7. The van der Waals surface area contributed by atoms with E-state index in [0.29, 0.717) is 17.9 Å². The number of aliphatic hydroxyl groups is 1. The van der Waals surface area contributed by atoms with Gasteiger partial charge in [0.2, 0.25) is 0 Å². The van der Waals surface area contributed by atoms with E-state index in [2.05, 4.69) is 5.32 Å². The van der Waals surface area contributed by atoms with Crippen LogP contribution in [-0.2, 0) is 0 Å². The van der Waals surface area contributed by atoms with Crippen molar-refractivity contribution in [1.82, 2.24) is 0 Å². The molecule has 4 N–H and O–H groups in total. The zero-order valence-electron chi connectivity index (χ0n) is 9.16. The zero-order valence-corrected chi connectivity index (χ0v) is 9.16. The van der Waals surface area contributed by atoms with Gasteiger partial charge in [-0.1, -0.05) is 0 Å². The number of methoxy groups -OCH3 is 1. The van der Waals surface area contributed by atoms with Crippen LogP contribution in [0.1, 0.15) is 13.3 Å². The number of benzene rings is 1. The van der Waals surface area contributed by atoms with Gasteiger partial charge in [-0.2, -0.15) is 0 Å². The van der Waals surface area contributed by atoms with Crippen LogP contribution in [0.15, 0.2) is 18.2 Å². The number of aliphatic hydroxyl groups excluding tert-OH is 1. The van der Waals surface area contributed by atoms with Crippen LogP contribution in [0.2, 0.25) is 0 Å². The summed E-state index contributed by atoms with van der Waals surface area (Å²) in [5.41, 5.74) is 7.27. The van der Waals surface area contributed by atoms with Crippen LogP contribution in [0.5, 0.6) is 5.75 Å². The highest BCUT2D eigenvalue weighted by atomic mass is 16.5. The molecule has 1 atom stereocenters. The molecule has 84 valence electrons. The highest BCUT2D eigenvalue weighted by Gasteiger charge is 2.04. The summed E-state index contributed by atoms with van der Waals surface area (Å²) in [6.07, 6.45) is 0.715. The van der Waals surface area contributed by atoms with Gasteiger partial charge in [0, 0.05) is 24.4 Å². The average Bonchev–Trinajstić information content (AvgIpc) is 2.21. The molecule has 0 spiro atoms. The third-order valence-corrected chi connectivity index (χ3v) is 2.21. The van der Waals surface area contributed by atoms with Gasteiger partial charge in [0.25, 0.3) is 0 Å². The second kappa shape index (κ2) is 5.46. The average molecular weight is 210 g/mol. The lowest BCUT2D eigenvalue weighted by molar-refractivity contribution is 0.282. The van der Waals surface area contributed by atoms with Gasteiger partial charge in [0.15, 0.2) is 0 Å². The smallest absolute Gasteiger partial charge is 0.143 e. The Morgan fingerprint density at radius 3 is 2.87 bits per heavy atom. The van der Waals surface area contributed by atoms with Crippen LogP contribution in [-0.4, -0.2) is 24.9 Å². The van der Waals surface area contributed by atoms with Crippen LogP contribution in [0, 0.1) is 0 Å². The summed E-state index contributed by atoms with van der Waals surface area (Å²) in [7, 11) is 1.59. The molecule has 15 heavy (non-hydrogen) atoms. The molecule has 1 rings (SSSR count). The molecule has 0 heterocycles. The van der Waals surface area contributed by atoms with Crippen molar-refractivity contribution in [3.63, 3.8) is 0 Å². The number of hydrogen-bond donors (Lipinski definition) is 3. The fourth-order valence-corrected chi connectivity index (χ4v) is 1.35. The predicted octanol–water partition coefficient (Wildman–Crippen LogP) is 1.46. The van der Waals surface area contributed by atoms with Gasteiger partial charge in [0.1, 0.15) is 5.75 Å². The van der Waals surface area contributed by atoms with Crippen LogP contribution in [0.3, 0.4) is 0 Å². The van der Waals surface area contributed by atoms with Crippen molar-refractivity contribution < 1.29 is 9.84 Å². The first-order chi connectivity index (χ1) is 7.17. The van der Waals surface area contributed by atoms with Crippen LogP contribution < -0.4 is 15.8 Å². The first-order valence-corrected chi connectivity index (χ1v) is 4.98. The topological polar surface area (TPSA) is 67.5 Å². The quantitative estimate of drug-likeness (QED) is 0.644. The van der Waals surface area contributed by atoms with Crippen molar-refractivity contribution in [3.8, 4) is 5.75 Å². The molecule has 0 aliphatic carbocycles. The number of rotatable bonds is 5. The SMILES string of the molecule is COc1cc(NC(C)CCO)ccc1N. The van der Waals surface area contributed by atoms with E-state index in [4.69, 9.17) is 15.6 Å². The molecule has 0 aromatic heterocycles. The summed E-state index contributed by atoms with van der Waals surface area (Å²) < 4.78 is 5.11. The number of nitrogens with two attached hydrogens (primary N) is 1. The maximum atomic E-state index is 8.77. The molecule has 0 amide bonds. The molecular formula is C11H18N2O2.